The zero-order valence-electron chi connectivity index (χ0n) is 13.3. The SMILES string of the molecule is CCN1CCC[C@@H]1CNS(=O)(=O)c1ccc2c(c1)oc(=O)n2C. The third kappa shape index (κ3) is 3.06. The van der Waals surface area contributed by atoms with Gasteiger partial charge in [-0.05, 0) is 38.1 Å². The summed E-state index contributed by atoms with van der Waals surface area (Å²) >= 11 is 0. The van der Waals surface area contributed by atoms with Crippen LogP contribution in [-0.4, -0.2) is 43.6 Å². The Morgan fingerprint density at radius 1 is 1.39 bits per heavy atom. The van der Waals surface area contributed by atoms with Crippen LogP contribution < -0.4 is 10.5 Å². The maximum atomic E-state index is 12.5. The minimum atomic E-state index is -3.62. The lowest BCUT2D eigenvalue weighted by molar-refractivity contribution is 0.268. The number of hydrogen-bond acceptors (Lipinski definition) is 5. The fourth-order valence-corrected chi connectivity index (χ4v) is 4.20. The highest BCUT2D eigenvalue weighted by atomic mass is 32.2. The number of aryl methyl sites for hydroxylation is 1. The van der Waals surface area contributed by atoms with Crippen LogP contribution in [0.4, 0.5) is 0 Å². The largest absolute Gasteiger partial charge is 0.419 e. The van der Waals surface area contributed by atoms with Gasteiger partial charge in [0, 0.05) is 25.7 Å². The molecule has 23 heavy (non-hydrogen) atoms. The maximum absolute atomic E-state index is 12.5. The van der Waals surface area contributed by atoms with Crippen molar-refractivity contribution in [1.29, 1.82) is 0 Å². The smallest absolute Gasteiger partial charge is 0.408 e. The van der Waals surface area contributed by atoms with Crippen LogP contribution in [0.15, 0.2) is 32.3 Å². The fraction of sp³-hybridized carbons (Fsp3) is 0.533. The Bertz CT molecular complexity index is 868. The Morgan fingerprint density at radius 2 is 2.17 bits per heavy atom. The van der Waals surface area contributed by atoms with Gasteiger partial charge in [0.1, 0.15) is 0 Å². The van der Waals surface area contributed by atoms with Crippen molar-refractivity contribution in [3.05, 3.63) is 28.7 Å². The van der Waals surface area contributed by atoms with Crippen molar-refractivity contribution < 1.29 is 12.8 Å². The van der Waals surface area contributed by atoms with Crippen molar-refractivity contribution in [2.75, 3.05) is 19.6 Å². The molecule has 126 valence electrons. The van der Waals surface area contributed by atoms with E-state index in [1.807, 2.05) is 0 Å². The summed E-state index contributed by atoms with van der Waals surface area (Å²) < 4.78 is 34.0. The van der Waals surface area contributed by atoms with E-state index in [4.69, 9.17) is 4.42 Å². The molecular formula is C15H21N3O4S. The number of oxazole rings is 1. The van der Waals surface area contributed by atoms with Crippen molar-refractivity contribution in [3.63, 3.8) is 0 Å². The van der Waals surface area contributed by atoms with E-state index in [1.54, 1.807) is 13.1 Å². The third-order valence-electron chi connectivity index (χ3n) is 4.49. The van der Waals surface area contributed by atoms with Crippen LogP contribution in [0, 0.1) is 0 Å². The molecular weight excluding hydrogens is 318 g/mol. The molecule has 2 aromatic rings. The van der Waals surface area contributed by atoms with Crippen LogP contribution in [0.2, 0.25) is 0 Å². The Hall–Kier alpha value is -1.64. The van der Waals surface area contributed by atoms with Crippen molar-refractivity contribution >= 4 is 21.1 Å². The van der Waals surface area contributed by atoms with Gasteiger partial charge < -0.3 is 4.42 Å². The lowest BCUT2D eigenvalue weighted by Gasteiger charge is -2.22. The van der Waals surface area contributed by atoms with Crippen LogP contribution in [0.25, 0.3) is 11.1 Å². The van der Waals surface area contributed by atoms with Crippen molar-refractivity contribution in [2.24, 2.45) is 7.05 Å². The van der Waals surface area contributed by atoms with Crippen molar-refractivity contribution in [1.82, 2.24) is 14.2 Å². The second kappa shape index (κ2) is 6.10. The van der Waals surface area contributed by atoms with E-state index in [0.29, 0.717) is 12.1 Å². The quantitative estimate of drug-likeness (QED) is 0.875. The van der Waals surface area contributed by atoms with Gasteiger partial charge in [-0.15, -0.1) is 0 Å². The molecule has 1 atom stereocenters. The molecule has 1 aromatic carbocycles. The first kappa shape index (κ1) is 16.2. The highest BCUT2D eigenvalue weighted by Crippen LogP contribution is 2.19. The Labute approximate surface area is 134 Å². The Balaban J connectivity index is 1.80. The number of likely N-dealkylation sites (N-methyl/N-ethyl adjacent to an activating group) is 1. The molecule has 0 amide bonds. The summed E-state index contributed by atoms with van der Waals surface area (Å²) in [5.74, 6) is -0.507. The van der Waals surface area contributed by atoms with Crippen LogP contribution in [-0.2, 0) is 17.1 Å². The number of likely N-dealkylation sites (tertiary alicyclic amines) is 1. The predicted octanol–water partition coefficient (Wildman–Crippen LogP) is 0.894. The van der Waals surface area contributed by atoms with E-state index in [0.717, 1.165) is 25.9 Å². The summed E-state index contributed by atoms with van der Waals surface area (Å²) in [6.07, 6.45) is 2.10. The summed E-state index contributed by atoms with van der Waals surface area (Å²) in [7, 11) is -2.04. The molecule has 8 heteroatoms. The molecule has 0 bridgehead atoms. The molecule has 7 nitrogen and oxygen atoms in total. The molecule has 1 aliphatic heterocycles. The lowest BCUT2D eigenvalue weighted by Crippen LogP contribution is -2.39. The van der Waals surface area contributed by atoms with Gasteiger partial charge >= 0.3 is 5.76 Å². The molecule has 1 aliphatic rings. The summed E-state index contributed by atoms with van der Waals surface area (Å²) in [6, 6.07) is 4.72. The normalized spacial score (nSPS) is 19.7. The number of nitrogens with one attached hydrogen (secondary N) is 1. The summed E-state index contributed by atoms with van der Waals surface area (Å²) in [5, 5.41) is 0. The maximum Gasteiger partial charge on any atom is 0.419 e. The average Bonchev–Trinajstić information content (AvgIpc) is 3.10. The minimum Gasteiger partial charge on any atom is -0.408 e. The van der Waals surface area contributed by atoms with Crippen molar-refractivity contribution in [2.45, 2.75) is 30.7 Å². The first-order valence-corrected chi connectivity index (χ1v) is 9.24. The van der Waals surface area contributed by atoms with Crippen molar-refractivity contribution in [3.8, 4) is 0 Å². The number of aromatic nitrogens is 1. The number of benzene rings is 1. The lowest BCUT2D eigenvalue weighted by atomic mass is 10.2. The second-order valence-corrected chi connectivity index (χ2v) is 7.60. The number of fused-ring (bicyclic) bond motifs is 1. The third-order valence-corrected chi connectivity index (χ3v) is 5.91. The molecule has 0 spiro atoms. The van der Waals surface area contributed by atoms with E-state index < -0.39 is 15.8 Å². The average molecular weight is 339 g/mol. The number of hydrogen-bond donors (Lipinski definition) is 1. The molecule has 2 heterocycles. The molecule has 0 aliphatic carbocycles. The molecule has 1 aromatic heterocycles. The Kier molecular flexibility index (Phi) is 4.31. The monoisotopic (exact) mass is 339 g/mol. The van der Waals surface area contributed by atoms with Gasteiger partial charge in [-0.3, -0.25) is 9.47 Å². The van der Waals surface area contributed by atoms with Crippen LogP contribution in [0.3, 0.4) is 0 Å². The topological polar surface area (TPSA) is 84.6 Å². The first-order chi connectivity index (χ1) is 10.9. The predicted molar refractivity (Wildman–Crippen MR) is 86.9 cm³/mol. The molecule has 1 N–H and O–H groups in total. The fourth-order valence-electron chi connectivity index (χ4n) is 3.11. The van der Waals surface area contributed by atoms with Gasteiger partial charge in [-0.25, -0.2) is 17.9 Å². The van der Waals surface area contributed by atoms with E-state index in [1.165, 1.54) is 16.7 Å². The zero-order chi connectivity index (χ0) is 16.6. The molecule has 0 radical (unpaired) electrons. The van der Waals surface area contributed by atoms with Gasteiger partial charge in [0.05, 0.1) is 10.4 Å². The summed E-state index contributed by atoms with van der Waals surface area (Å²) in [4.78, 5) is 13.9. The highest BCUT2D eigenvalue weighted by Gasteiger charge is 2.25. The van der Waals surface area contributed by atoms with Gasteiger partial charge in [-0.2, -0.15) is 0 Å². The van der Waals surface area contributed by atoms with E-state index in [9.17, 15) is 13.2 Å². The van der Waals surface area contributed by atoms with Gasteiger partial charge in [0.2, 0.25) is 10.0 Å². The van der Waals surface area contributed by atoms with Gasteiger partial charge in [-0.1, -0.05) is 6.92 Å². The van der Waals surface area contributed by atoms with E-state index in [-0.39, 0.29) is 16.5 Å². The van der Waals surface area contributed by atoms with Gasteiger partial charge in [0.15, 0.2) is 5.58 Å². The zero-order valence-corrected chi connectivity index (χ0v) is 14.1. The Morgan fingerprint density at radius 3 is 2.91 bits per heavy atom. The molecule has 0 saturated carbocycles. The number of sulfonamides is 1. The van der Waals surface area contributed by atoms with E-state index >= 15 is 0 Å². The molecule has 1 fully saturated rings. The second-order valence-electron chi connectivity index (χ2n) is 5.83. The molecule has 3 rings (SSSR count). The van der Waals surface area contributed by atoms with Gasteiger partial charge in [0.25, 0.3) is 0 Å². The summed E-state index contributed by atoms with van der Waals surface area (Å²) in [5.41, 5.74) is 0.846. The highest BCUT2D eigenvalue weighted by molar-refractivity contribution is 7.89. The van der Waals surface area contributed by atoms with Crippen LogP contribution >= 0.6 is 0 Å². The molecule has 0 unspecified atom stereocenters. The number of rotatable bonds is 5. The summed E-state index contributed by atoms with van der Waals surface area (Å²) in [6.45, 7) is 4.42. The van der Waals surface area contributed by atoms with E-state index in [2.05, 4.69) is 16.5 Å². The molecule has 1 saturated heterocycles. The minimum absolute atomic E-state index is 0.111. The number of nitrogens with zero attached hydrogens (tertiary/aromatic N) is 2. The first-order valence-electron chi connectivity index (χ1n) is 7.75. The van der Waals surface area contributed by atoms with Crippen LogP contribution in [0.1, 0.15) is 19.8 Å². The standard InChI is InChI=1S/C15H21N3O4S/c1-3-18-8-4-5-11(18)10-16-23(20,21)12-6-7-13-14(9-12)22-15(19)17(13)2/h6-7,9,11,16H,3-5,8,10H2,1-2H3/t11-/m1/s1. The van der Waals surface area contributed by atoms with Crippen LogP contribution in [0.5, 0.6) is 0 Å².